The van der Waals surface area contributed by atoms with E-state index in [0.29, 0.717) is 50.6 Å². The molecule has 4 amide bonds. The Balaban J connectivity index is 0.953. The van der Waals surface area contributed by atoms with Gasteiger partial charge in [-0.15, -0.1) is 0 Å². The first-order valence-corrected chi connectivity index (χ1v) is 35.0. The molecule has 2 aliphatic carbocycles. The van der Waals surface area contributed by atoms with Crippen molar-refractivity contribution in [3.8, 4) is 0 Å². The highest BCUT2D eigenvalue weighted by Crippen LogP contribution is 2.43. The van der Waals surface area contributed by atoms with Gasteiger partial charge in [-0.25, -0.2) is 0 Å². The predicted octanol–water partition coefficient (Wildman–Crippen LogP) is 20.3. The number of likely N-dealkylation sites (tertiary alicyclic amines) is 2. The summed E-state index contributed by atoms with van der Waals surface area (Å²) in [5, 5.41) is 4.67. The number of unbranched alkanes of at least 4 members (excludes halogenated alkanes) is 32. The van der Waals surface area contributed by atoms with E-state index in [4.69, 9.17) is 0 Å². The van der Waals surface area contributed by atoms with Crippen LogP contribution in [0.3, 0.4) is 0 Å². The van der Waals surface area contributed by atoms with Crippen LogP contribution >= 0.6 is 0 Å². The van der Waals surface area contributed by atoms with Gasteiger partial charge in [0.1, 0.15) is 0 Å². The minimum atomic E-state index is -0.264. The van der Waals surface area contributed by atoms with Gasteiger partial charge in [0.15, 0.2) is 0 Å². The number of hydrogen-bond donors (Lipinski definition) is 0. The van der Waals surface area contributed by atoms with Gasteiger partial charge in [-0.1, -0.05) is 283 Å². The van der Waals surface area contributed by atoms with Gasteiger partial charge in [-0.3, -0.25) is 29.0 Å². The third-order valence-corrected chi connectivity index (χ3v) is 20.2. The van der Waals surface area contributed by atoms with Gasteiger partial charge in [0, 0.05) is 13.1 Å². The average Bonchev–Trinajstić information content (AvgIpc) is 4.03. The summed E-state index contributed by atoms with van der Waals surface area (Å²) in [4.78, 5) is 61.0. The number of carbonyl (C=O) groups excluding carboxylic acids is 4. The molecule has 4 aliphatic rings. The lowest BCUT2D eigenvalue weighted by Crippen LogP contribution is -2.36. The lowest BCUT2D eigenvalue weighted by atomic mass is 9.75. The van der Waals surface area contributed by atoms with Gasteiger partial charge in [-0.05, 0) is 119 Å². The molecule has 0 aromatic heterocycles. The molecule has 0 saturated carbocycles. The zero-order chi connectivity index (χ0) is 56.3. The number of imide groups is 2. The first kappa shape index (κ1) is 64.0. The van der Waals surface area contributed by atoms with Crippen LogP contribution < -0.4 is 0 Å². The molecule has 6 heteroatoms. The van der Waals surface area contributed by atoms with Gasteiger partial charge < -0.3 is 0 Å². The Morgan fingerprint density at radius 2 is 0.475 bits per heavy atom. The van der Waals surface area contributed by atoms with Crippen LogP contribution in [0.4, 0.5) is 0 Å². The molecule has 6 nitrogen and oxygen atoms in total. The lowest BCUT2D eigenvalue weighted by molar-refractivity contribution is -0.142. The van der Waals surface area contributed by atoms with Crippen LogP contribution in [-0.2, 0) is 44.9 Å². The molecular weight excluding hydrogens is 981 g/mol. The topological polar surface area (TPSA) is 74.8 Å². The molecule has 0 bridgehead atoms. The first-order valence-electron chi connectivity index (χ1n) is 35.0. The number of nitrogens with zero attached hydrogens (tertiary/aromatic N) is 2. The summed E-state index contributed by atoms with van der Waals surface area (Å²) in [6.45, 7) is 10.3. The van der Waals surface area contributed by atoms with Crippen LogP contribution in [0.5, 0.6) is 0 Å². The molecule has 2 saturated heterocycles. The summed E-state index contributed by atoms with van der Waals surface area (Å²) in [5.74, 6) is 0.0206. The number of rotatable bonds is 44. The van der Waals surface area contributed by atoms with Crippen molar-refractivity contribution < 1.29 is 19.2 Å². The zero-order valence-electron chi connectivity index (χ0n) is 52.0. The molecule has 0 N–H and O–H groups in total. The minimum absolute atomic E-state index is 0.0739. The van der Waals surface area contributed by atoms with Crippen molar-refractivity contribution in [2.75, 3.05) is 13.1 Å². The van der Waals surface area contributed by atoms with E-state index in [1.807, 2.05) is 0 Å². The quantitative estimate of drug-likeness (QED) is 0.0321. The summed E-state index contributed by atoms with van der Waals surface area (Å²) >= 11 is 0. The molecule has 446 valence electrons. The highest BCUT2D eigenvalue weighted by Gasteiger charge is 2.51. The first-order chi connectivity index (χ1) is 39.2. The highest BCUT2D eigenvalue weighted by atomic mass is 16.2. The fraction of sp³-hybridized carbons (Fsp3) is 0.757. The van der Waals surface area contributed by atoms with Gasteiger partial charge >= 0.3 is 0 Å². The van der Waals surface area contributed by atoms with Crippen molar-refractivity contribution in [3.63, 3.8) is 0 Å². The average molecular weight is 1100 g/mol. The maximum atomic E-state index is 14.4. The van der Waals surface area contributed by atoms with E-state index in [-0.39, 0.29) is 47.3 Å². The van der Waals surface area contributed by atoms with Crippen LogP contribution in [0, 0.1) is 35.5 Å². The number of amides is 4. The summed E-state index contributed by atoms with van der Waals surface area (Å²) < 4.78 is 0. The van der Waals surface area contributed by atoms with E-state index in [0.717, 1.165) is 25.7 Å². The SMILES string of the molecule is CCCCCCCCCCCCC(CCCCCCCCCC)CN1C(=O)C2Cc3cc4cc5cc6c(cc5cc4cc3CC2C1=O)CC1C(=O)N(CC(CCCCCCCCCC)CCCCCCCCCCCC)C(=O)C1C6. The van der Waals surface area contributed by atoms with Gasteiger partial charge in [0.2, 0.25) is 23.6 Å². The fourth-order valence-electron chi connectivity index (χ4n) is 15.1. The van der Waals surface area contributed by atoms with E-state index in [1.165, 1.54) is 275 Å². The molecule has 2 aliphatic heterocycles. The van der Waals surface area contributed by atoms with E-state index < -0.39 is 0 Å². The van der Waals surface area contributed by atoms with E-state index in [1.54, 1.807) is 9.80 Å². The Morgan fingerprint density at radius 1 is 0.287 bits per heavy atom. The summed E-state index contributed by atoms with van der Waals surface area (Å²) in [6, 6.07) is 13.8. The lowest BCUT2D eigenvalue weighted by Gasteiger charge is -2.26. The summed E-state index contributed by atoms with van der Waals surface area (Å²) in [6.07, 6.45) is 54.3. The predicted molar refractivity (Wildman–Crippen MR) is 338 cm³/mol. The van der Waals surface area contributed by atoms with Crippen LogP contribution in [-0.4, -0.2) is 46.5 Å². The summed E-state index contributed by atoms with van der Waals surface area (Å²) in [7, 11) is 0. The maximum Gasteiger partial charge on any atom is 0.233 e. The normalized spacial score (nSPS) is 19.6. The summed E-state index contributed by atoms with van der Waals surface area (Å²) in [5.41, 5.74) is 4.86. The third-order valence-electron chi connectivity index (χ3n) is 20.2. The maximum absolute atomic E-state index is 14.4. The van der Waals surface area contributed by atoms with E-state index >= 15 is 0 Å². The molecule has 7 rings (SSSR count). The molecule has 3 aromatic carbocycles. The van der Waals surface area contributed by atoms with Crippen LogP contribution in [0.25, 0.3) is 21.5 Å². The number of hydrogen-bond acceptors (Lipinski definition) is 4. The Hall–Kier alpha value is -3.54. The molecule has 2 fully saturated rings. The van der Waals surface area contributed by atoms with Crippen LogP contribution in [0.15, 0.2) is 36.4 Å². The molecule has 3 aromatic rings. The number of carbonyl (C=O) groups is 4. The Kier molecular flexibility index (Phi) is 28.5. The van der Waals surface area contributed by atoms with Crippen molar-refractivity contribution in [3.05, 3.63) is 58.7 Å². The molecule has 0 spiro atoms. The van der Waals surface area contributed by atoms with Gasteiger partial charge in [0.25, 0.3) is 0 Å². The Bertz CT molecular complexity index is 2070. The van der Waals surface area contributed by atoms with E-state index in [2.05, 4.69) is 64.1 Å². The van der Waals surface area contributed by atoms with Crippen LogP contribution in [0.1, 0.15) is 307 Å². The number of benzene rings is 3. The monoisotopic (exact) mass is 1100 g/mol. The Labute approximate surface area is 489 Å². The second kappa shape index (κ2) is 35.6. The second-order valence-electron chi connectivity index (χ2n) is 26.8. The number of fused-ring (bicyclic) bond motifs is 6. The third kappa shape index (κ3) is 19.3. The molecule has 6 atom stereocenters. The fourth-order valence-corrected chi connectivity index (χ4v) is 15.1. The van der Waals surface area contributed by atoms with Crippen molar-refractivity contribution in [1.29, 1.82) is 0 Å². The largest absolute Gasteiger partial charge is 0.282 e. The standard InChI is InChI=1S/C74H116N2O4/c1-5-9-13-17-21-25-27-31-35-39-43-57(41-37-33-29-23-19-15-11-7-3)55-75-71(77)67-51-63-47-59-45-61-49-65-53-69-70(54-66(65)50-62(61)46-60(59)48-64(63)52-68(67)72(75)78)74(80)76(73(69)79)56-58(42-38-34-30-24-20-16-12-8-4)44-40-36-32-28-26-22-18-14-10-6-2/h45-50,57-58,67-70H,5-44,51-56H2,1-4H3. The molecule has 2 heterocycles. The van der Waals surface area contributed by atoms with Crippen molar-refractivity contribution in [1.82, 2.24) is 9.80 Å². The molecule has 6 unspecified atom stereocenters. The molecule has 80 heavy (non-hydrogen) atoms. The highest BCUT2D eigenvalue weighted by molar-refractivity contribution is 6.07. The van der Waals surface area contributed by atoms with Crippen LogP contribution in [0.2, 0.25) is 0 Å². The van der Waals surface area contributed by atoms with Gasteiger partial charge in [0.05, 0.1) is 23.7 Å². The van der Waals surface area contributed by atoms with Gasteiger partial charge in [-0.2, -0.15) is 0 Å². The minimum Gasteiger partial charge on any atom is -0.282 e. The van der Waals surface area contributed by atoms with E-state index in [9.17, 15) is 19.2 Å². The van der Waals surface area contributed by atoms with Crippen molar-refractivity contribution >= 4 is 45.2 Å². The molecule has 0 radical (unpaired) electrons. The molecular formula is C74H116N2O4. The smallest absolute Gasteiger partial charge is 0.233 e. The second-order valence-corrected chi connectivity index (χ2v) is 26.8. The zero-order valence-corrected chi connectivity index (χ0v) is 52.0. The van der Waals surface area contributed by atoms with Crippen molar-refractivity contribution in [2.45, 2.75) is 310 Å². The van der Waals surface area contributed by atoms with Crippen molar-refractivity contribution in [2.24, 2.45) is 35.5 Å². The Morgan fingerprint density at radius 3 is 0.675 bits per heavy atom.